The number of methoxy groups -OCH3 is 1. The third-order valence-corrected chi connectivity index (χ3v) is 4.42. The van der Waals surface area contributed by atoms with Gasteiger partial charge in [-0.2, -0.15) is 0 Å². The molecule has 0 saturated carbocycles. The number of fused-ring (bicyclic) bond motifs is 1. The molecule has 0 bridgehead atoms. The van der Waals surface area contributed by atoms with Crippen molar-refractivity contribution >= 4 is 28.4 Å². The molecule has 0 spiro atoms. The smallest absolute Gasteiger partial charge is 0.258 e. The summed E-state index contributed by atoms with van der Waals surface area (Å²) in [6, 6.07) is 7.38. The molecule has 0 unspecified atom stereocenters. The lowest BCUT2D eigenvalue weighted by Crippen LogP contribution is -2.30. The largest absolute Gasteiger partial charge is 0.394 e. The summed E-state index contributed by atoms with van der Waals surface area (Å²) in [5, 5.41) is 13.1. The van der Waals surface area contributed by atoms with E-state index in [2.05, 4.69) is 15.3 Å². The lowest BCUT2D eigenvalue weighted by Gasteiger charge is -2.24. The van der Waals surface area contributed by atoms with E-state index in [0.29, 0.717) is 28.9 Å². The van der Waals surface area contributed by atoms with Crippen molar-refractivity contribution in [1.82, 2.24) is 14.5 Å². The van der Waals surface area contributed by atoms with Crippen LogP contribution in [0.25, 0.3) is 11.0 Å². The van der Waals surface area contributed by atoms with Gasteiger partial charge in [0.2, 0.25) is 0 Å². The standard InChI is InChI=1S/C19H23N5O3/c1-19(2,10-25)24-8-14(15-16(20)21-11-22-17(15)24)18(26)23-13-6-4-12(5-7-13)9-27-3/h4-8,11,25H,9-10H2,1-3H3,(H,23,26)(H2,20,21,22). The van der Waals surface area contributed by atoms with Gasteiger partial charge in [-0.3, -0.25) is 4.79 Å². The van der Waals surface area contributed by atoms with E-state index >= 15 is 0 Å². The number of carbonyl (C=O) groups excluding carboxylic acids is 1. The van der Waals surface area contributed by atoms with Crippen molar-refractivity contribution in [2.24, 2.45) is 0 Å². The Morgan fingerprint density at radius 1 is 1.30 bits per heavy atom. The summed E-state index contributed by atoms with van der Waals surface area (Å²) in [6.45, 7) is 4.08. The van der Waals surface area contributed by atoms with Crippen LogP contribution in [0, 0.1) is 0 Å². The molecule has 27 heavy (non-hydrogen) atoms. The van der Waals surface area contributed by atoms with Gasteiger partial charge in [-0.15, -0.1) is 0 Å². The van der Waals surface area contributed by atoms with Gasteiger partial charge in [0.1, 0.15) is 17.8 Å². The van der Waals surface area contributed by atoms with Crippen molar-refractivity contribution in [3.05, 3.63) is 47.9 Å². The molecule has 0 fully saturated rings. The van der Waals surface area contributed by atoms with Gasteiger partial charge in [0.05, 0.1) is 29.7 Å². The van der Waals surface area contributed by atoms with Gasteiger partial charge in [0, 0.05) is 19.0 Å². The molecule has 0 radical (unpaired) electrons. The Morgan fingerprint density at radius 2 is 2.00 bits per heavy atom. The molecule has 1 amide bonds. The molecule has 1 aromatic carbocycles. The highest BCUT2D eigenvalue weighted by Gasteiger charge is 2.27. The summed E-state index contributed by atoms with van der Waals surface area (Å²) in [4.78, 5) is 21.2. The Kier molecular flexibility index (Phi) is 5.11. The zero-order valence-corrected chi connectivity index (χ0v) is 15.6. The topological polar surface area (TPSA) is 115 Å². The number of nitrogens with two attached hydrogens (primary N) is 1. The summed E-state index contributed by atoms with van der Waals surface area (Å²) in [5.41, 5.74) is 7.88. The van der Waals surface area contributed by atoms with Gasteiger partial charge in [-0.05, 0) is 31.5 Å². The average Bonchev–Trinajstić information content (AvgIpc) is 3.06. The van der Waals surface area contributed by atoms with E-state index in [1.165, 1.54) is 6.33 Å². The molecule has 0 aliphatic rings. The quantitative estimate of drug-likeness (QED) is 0.613. The minimum atomic E-state index is -0.653. The second-order valence-corrected chi connectivity index (χ2v) is 6.92. The maximum Gasteiger partial charge on any atom is 0.258 e. The number of hydrogen-bond donors (Lipinski definition) is 3. The van der Waals surface area contributed by atoms with Gasteiger partial charge in [-0.25, -0.2) is 9.97 Å². The SMILES string of the molecule is COCc1ccc(NC(=O)c2cn(C(C)(C)CO)c3ncnc(N)c23)cc1. The summed E-state index contributed by atoms with van der Waals surface area (Å²) in [6.07, 6.45) is 3.00. The molecule has 8 heteroatoms. The van der Waals surface area contributed by atoms with E-state index in [1.54, 1.807) is 17.9 Å². The fraction of sp³-hybridized carbons (Fsp3) is 0.316. The van der Waals surface area contributed by atoms with Crippen LogP contribution in [0.2, 0.25) is 0 Å². The first-order valence-corrected chi connectivity index (χ1v) is 8.49. The molecule has 0 atom stereocenters. The van der Waals surface area contributed by atoms with E-state index < -0.39 is 5.54 Å². The molecule has 3 aromatic rings. The highest BCUT2D eigenvalue weighted by atomic mass is 16.5. The molecule has 0 saturated heterocycles. The van der Waals surface area contributed by atoms with E-state index in [9.17, 15) is 9.90 Å². The van der Waals surface area contributed by atoms with Crippen LogP contribution in [0.15, 0.2) is 36.8 Å². The van der Waals surface area contributed by atoms with E-state index in [4.69, 9.17) is 10.5 Å². The van der Waals surface area contributed by atoms with Crippen LogP contribution in [0.3, 0.4) is 0 Å². The highest BCUT2D eigenvalue weighted by Crippen LogP contribution is 2.29. The molecule has 142 valence electrons. The maximum atomic E-state index is 12.9. The molecule has 2 heterocycles. The number of hydrogen-bond acceptors (Lipinski definition) is 6. The summed E-state index contributed by atoms with van der Waals surface area (Å²) >= 11 is 0. The van der Waals surface area contributed by atoms with Crippen LogP contribution in [0.5, 0.6) is 0 Å². The second kappa shape index (κ2) is 7.34. The van der Waals surface area contributed by atoms with Crippen molar-refractivity contribution in [2.45, 2.75) is 26.0 Å². The molecular formula is C19H23N5O3. The molecular weight excluding hydrogens is 346 g/mol. The first-order valence-electron chi connectivity index (χ1n) is 8.49. The predicted octanol–water partition coefficient (Wildman–Crippen LogP) is 2.14. The number of nitrogen functional groups attached to an aromatic ring is 1. The number of nitrogens with zero attached hydrogens (tertiary/aromatic N) is 3. The van der Waals surface area contributed by atoms with Crippen LogP contribution < -0.4 is 11.1 Å². The molecule has 4 N–H and O–H groups in total. The number of amides is 1. The summed E-state index contributed by atoms with van der Waals surface area (Å²) in [7, 11) is 1.63. The van der Waals surface area contributed by atoms with Crippen molar-refractivity contribution in [1.29, 1.82) is 0 Å². The van der Waals surface area contributed by atoms with Crippen molar-refractivity contribution in [3.8, 4) is 0 Å². The normalized spacial score (nSPS) is 11.7. The highest BCUT2D eigenvalue weighted by molar-refractivity contribution is 6.14. The summed E-state index contributed by atoms with van der Waals surface area (Å²) in [5.74, 6) is -0.110. The average molecular weight is 369 g/mol. The number of benzene rings is 1. The van der Waals surface area contributed by atoms with Gasteiger partial charge in [-0.1, -0.05) is 12.1 Å². The minimum absolute atomic E-state index is 0.122. The maximum absolute atomic E-state index is 12.9. The van der Waals surface area contributed by atoms with Gasteiger partial charge in [0.15, 0.2) is 0 Å². The lowest BCUT2D eigenvalue weighted by atomic mass is 10.1. The lowest BCUT2D eigenvalue weighted by molar-refractivity contribution is 0.102. The third kappa shape index (κ3) is 3.62. The zero-order chi connectivity index (χ0) is 19.6. The van der Waals surface area contributed by atoms with Crippen LogP contribution >= 0.6 is 0 Å². The molecule has 0 aliphatic heterocycles. The monoisotopic (exact) mass is 369 g/mol. The number of nitrogens with one attached hydrogen (secondary N) is 1. The number of aliphatic hydroxyl groups excluding tert-OH is 1. The Balaban J connectivity index is 1.99. The number of carbonyl (C=O) groups is 1. The zero-order valence-electron chi connectivity index (χ0n) is 15.6. The van der Waals surface area contributed by atoms with E-state index in [0.717, 1.165) is 5.56 Å². The number of anilines is 2. The van der Waals surface area contributed by atoms with Crippen molar-refractivity contribution in [3.63, 3.8) is 0 Å². The van der Waals surface area contributed by atoms with Crippen LogP contribution in [0.4, 0.5) is 11.5 Å². The molecule has 2 aromatic heterocycles. The number of ether oxygens (including phenoxy) is 1. The van der Waals surface area contributed by atoms with Crippen molar-refractivity contribution < 1.29 is 14.6 Å². The van der Waals surface area contributed by atoms with E-state index in [1.807, 2.05) is 38.1 Å². The molecule has 3 rings (SSSR count). The van der Waals surface area contributed by atoms with Crippen molar-refractivity contribution in [2.75, 3.05) is 24.8 Å². The fourth-order valence-electron chi connectivity index (χ4n) is 2.84. The van der Waals surface area contributed by atoms with Gasteiger partial charge in [0.25, 0.3) is 5.91 Å². The third-order valence-electron chi connectivity index (χ3n) is 4.42. The van der Waals surface area contributed by atoms with Crippen LogP contribution in [-0.2, 0) is 16.9 Å². The number of aliphatic hydroxyl groups is 1. The Labute approximate surface area is 157 Å². The Bertz CT molecular complexity index is 963. The first kappa shape index (κ1) is 18.8. The second-order valence-electron chi connectivity index (χ2n) is 6.92. The first-order chi connectivity index (χ1) is 12.9. The van der Waals surface area contributed by atoms with Crippen LogP contribution in [-0.4, -0.2) is 39.3 Å². The molecule has 0 aliphatic carbocycles. The van der Waals surface area contributed by atoms with Crippen LogP contribution in [0.1, 0.15) is 29.8 Å². The van der Waals surface area contributed by atoms with Gasteiger partial charge >= 0.3 is 0 Å². The predicted molar refractivity (Wildman–Crippen MR) is 103 cm³/mol. The number of rotatable bonds is 6. The molecule has 8 nitrogen and oxygen atoms in total. The number of aromatic nitrogens is 3. The minimum Gasteiger partial charge on any atom is -0.394 e. The fourth-order valence-corrected chi connectivity index (χ4v) is 2.84. The Hall–Kier alpha value is -2.97. The van der Waals surface area contributed by atoms with Gasteiger partial charge < -0.3 is 25.5 Å². The Morgan fingerprint density at radius 3 is 2.63 bits per heavy atom. The van der Waals surface area contributed by atoms with E-state index in [-0.39, 0.29) is 18.3 Å². The summed E-state index contributed by atoms with van der Waals surface area (Å²) < 4.78 is 6.83.